The van der Waals surface area contributed by atoms with Crippen LogP contribution >= 0.6 is 0 Å². The Bertz CT molecular complexity index is 126. The van der Waals surface area contributed by atoms with E-state index >= 15 is 0 Å². The van der Waals surface area contributed by atoms with Gasteiger partial charge in [0.2, 0.25) is 0 Å². The summed E-state index contributed by atoms with van der Waals surface area (Å²) < 4.78 is 0. The van der Waals surface area contributed by atoms with Crippen LogP contribution in [0.3, 0.4) is 0 Å². The molecular formula is C8H18N2O2. The Morgan fingerprint density at radius 1 is 1.42 bits per heavy atom. The predicted octanol–water partition coefficient (Wildman–Crippen LogP) is 0.00240. The molecule has 0 bridgehead atoms. The molecule has 0 spiro atoms. The number of carbonyl (C=O) groups is 1. The molecule has 0 atom stereocenters. The first-order valence-corrected chi connectivity index (χ1v) is 4.20. The van der Waals surface area contributed by atoms with Gasteiger partial charge in [-0.1, -0.05) is 0 Å². The van der Waals surface area contributed by atoms with Crippen molar-refractivity contribution in [2.45, 2.75) is 12.8 Å². The Morgan fingerprint density at radius 3 is 2.58 bits per heavy atom. The molecule has 0 radical (unpaired) electrons. The second-order valence-corrected chi connectivity index (χ2v) is 3.08. The zero-order valence-corrected chi connectivity index (χ0v) is 7.84. The number of nitrogens with one attached hydrogen (secondary N) is 1. The lowest BCUT2D eigenvalue weighted by molar-refractivity contribution is -0.135. The lowest BCUT2D eigenvalue weighted by Gasteiger charge is -2.08. The van der Waals surface area contributed by atoms with Crippen LogP contribution in [0.4, 0.5) is 0 Å². The summed E-state index contributed by atoms with van der Waals surface area (Å²) in [5.74, 6) is -0.789. The van der Waals surface area contributed by atoms with Crippen molar-refractivity contribution in [1.29, 1.82) is 0 Å². The van der Waals surface area contributed by atoms with E-state index in [1.807, 2.05) is 14.1 Å². The molecular weight excluding hydrogens is 156 g/mol. The zero-order valence-electron chi connectivity index (χ0n) is 7.84. The van der Waals surface area contributed by atoms with Crippen LogP contribution in [0.25, 0.3) is 0 Å². The first-order valence-electron chi connectivity index (χ1n) is 4.20. The van der Waals surface area contributed by atoms with Crippen LogP contribution in [-0.2, 0) is 4.79 Å². The summed E-state index contributed by atoms with van der Waals surface area (Å²) in [6.07, 6.45) is 2.14. The molecule has 0 fully saturated rings. The van der Waals surface area contributed by atoms with Gasteiger partial charge in [0.1, 0.15) is 0 Å². The summed E-state index contributed by atoms with van der Waals surface area (Å²) in [5.41, 5.74) is 0. The second-order valence-electron chi connectivity index (χ2n) is 3.08. The van der Waals surface area contributed by atoms with E-state index < -0.39 is 5.97 Å². The van der Waals surface area contributed by atoms with Crippen LogP contribution in [0.5, 0.6) is 0 Å². The summed E-state index contributed by atoms with van der Waals surface area (Å²) in [7, 11) is 4.06. The lowest BCUT2D eigenvalue weighted by atomic mass is 10.3. The van der Waals surface area contributed by atoms with Crippen molar-refractivity contribution in [3.05, 3.63) is 0 Å². The summed E-state index contributed by atoms with van der Waals surface area (Å²) >= 11 is 0. The quantitative estimate of drug-likeness (QED) is 0.533. The summed E-state index contributed by atoms with van der Waals surface area (Å²) in [6, 6.07) is 0. The SMILES string of the molecule is CN(C)CCCCNCC(=O)O. The molecule has 0 aromatic rings. The first kappa shape index (κ1) is 11.4. The number of carboxylic acid groups (broad SMARTS) is 1. The molecule has 0 saturated heterocycles. The van der Waals surface area contributed by atoms with Crippen molar-refractivity contribution in [2.75, 3.05) is 33.7 Å². The minimum atomic E-state index is -0.789. The molecule has 4 heteroatoms. The molecule has 0 rings (SSSR count). The number of hydrogen-bond donors (Lipinski definition) is 2. The molecule has 2 N–H and O–H groups in total. The monoisotopic (exact) mass is 174 g/mol. The van der Waals surface area contributed by atoms with Crippen LogP contribution in [0.2, 0.25) is 0 Å². The van der Waals surface area contributed by atoms with Gasteiger partial charge in [0.25, 0.3) is 0 Å². The maximum Gasteiger partial charge on any atom is 0.317 e. The molecule has 0 amide bonds. The fourth-order valence-corrected chi connectivity index (χ4v) is 0.873. The number of hydrogen-bond acceptors (Lipinski definition) is 3. The van der Waals surface area contributed by atoms with Gasteiger partial charge < -0.3 is 15.3 Å². The number of carboxylic acids is 1. The number of aliphatic carboxylic acids is 1. The standard InChI is InChI=1S/C8H18N2O2/c1-10(2)6-4-3-5-9-7-8(11)12/h9H,3-7H2,1-2H3,(H,11,12). The highest BCUT2D eigenvalue weighted by molar-refractivity contribution is 5.68. The van der Waals surface area contributed by atoms with Crippen molar-refractivity contribution in [3.8, 4) is 0 Å². The van der Waals surface area contributed by atoms with Gasteiger partial charge in [-0.3, -0.25) is 4.79 Å². The van der Waals surface area contributed by atoms with Gasteiger partial charge in [-0.15, -0.1) is 0 Å². The summed E-state index contributed by atoms with van der Waals surface area (Å²) in [5, 5.41) is 11.1. The first-order chi connectivity index (χ1) is 5.63. The zero-order chi connectivity index (χ0) is 9.40. The molecule has 4 nitrogen and oxygen atoms in total. The van der Waals surface area contributed by atoms with Crippen molar-refractivity contribution in [3.63, 3.8) is 0 Å². The minimum absolute atomic E-state index is 0.0714. The Kier molecular flexibility index (Phi) is 6.70. The van der Waals surface area contributed by atoms with E-state index in [1.165, 1.54) is 0 Å². The Morgan fingerprint density at radius 2 is 2.08 bits per heavy atom. The van der Waals surface area contributed by atoms with E-state index in [-0.39, 0.29) is 6.54 Å². The second kappa shape index (κ2) is 7.06. The Balaban J connectivity index is 2.96. The van der Waals surface area contributed by atoms with Crippen LogP contribution in [0, 0.1) is 0 Å². The molecule has 0 aromatic heterocycles. The summed E-state index contributed by atoms with van der Waals surface area (Å²) in [4.78, 5) is 12.2. The van der Waals surface area contributed by atoms with Crippen LogP contribution in [0.1, 0.15) is 12.8 Å². The Labute approximate surface area is 73.6 Å². The van der Waals surface area contributed by atoms with E-state index in [0.29, 0.717) is 0 Å². The summed E-state index contributed by atoms with van der Waals surface area (Å²) in [6.45, 7) is 1.93. The van der Waals surface area contributed by atoms with Gasteiger partial charge in [-0.05, 0) is 40.0 Å². The van der Waals surface area contributed by atoms with Crippen molar-refractivity contribution >= 4 is 5.97 Å². The highest BCUT2D eigenvalue weighted by Crippen LogP contribution is 1.88. The fourth-order valence-electron chi connectivity index (χ4n) is 0.873. The van der Waals surface area contributed by atoms with Crippen LogP contribution in [-0.4, -0.2) is 49.7 Å². The normalized spacial score (nSPS) is 10.6. The number of rotatable bonds is 7. The highest BCUT2D eigenvalue weighted by atomic mass is 16.4. The van der Waals surface area contributed by atoms with E-state index in [1.54, 1.807) is 0 Å². The maximum absolute atomic E-state index is 10.1. The van der Waals surface area contributed by atoms with Gasteiger partial charge in [-0.2, -0.15) is 0 Å². The number of nitrogens with zero attached hydrogens (tertiary/aromatic N) is 1. The topological polar surface area (TPSA) is 52.6 Å². The van der Waals surface area contributed by atoms with Gasteiger partial charge in [0.15, 0.2) is 0 Å². The average Bonchev–Trinajstić information content (AvgIpc) is 1.95. The average molecular weight is 174 g/mol. The van der Waals surface area contributed by atoms with E-state index in [2.05, 4.69) is 10.2 Å². The third-order valence-corrected chi connectivity index (χ3v) is 1.49. The molecule has 0 saturated carbocycles. The largest absolute Gasteiger partial charge is 0.480 e. The minimum Gasteiger partial charge on any atom is -0.480 e. The van der Waals surface area contributed by atoms with Crippen molar-refractivity contribution in [1.82, 2.24) is 10.2 Å². The number of unbranched alkanes of at least 4 members (excludes halogenated alkanes) is 1. The van der Waals surface area contributed by atoms with Gasteiger partial charge in [0, 0.05) is 0 Å². The highest BCUT2D eigenvalue weighted by Gasteiger charge is 1.94. The molecule has 0 aromatic carbocycles. The molecule has 0 aliphatic rings. The fraction of sp³-hybridized carbons (Fsp3) is 0.875. The van der Waals surface area contributed by atoms with E-state index in [4.69, 9.17) is 5.11 Å². The third kappa shape index (κ3) is 9.39. The molecule has 0 heterocycles. The predicted molar refractivity (Wildman–Crippen MR) is 48.3 cm³/mol. The lowest BCUT2D eigenvalue weighted by Crippen LogP contribution is -2.24. The third-order valence-electron chi connectivity index (χ3n) is 1.49. The maximum atomic E-state index is 10.1. The molecule has 0 aliphatic heterocycles. The van der Waals surface area contributed by atoms with E-state index in [0.717, 1.165) is 25.9 Å². The van der Waals surface area contributed by atoms with E-state index in [9.17, 15) is 4.79 Å². The molecule has 72 valence electrons. The van der Waals surface area contributed by atoms with Crippen LogP contribution < -0.4 is 5.32 Å². The van der Waals surface area contributed by atoms with Crippen LogP contribution in [0.15, 0.2) is 0 Å². The van der Waals surface area contributed by atoms with Gasteiger partial charge in [0.05, 0.1) is 6.54 Å². The molecule has 0 unspecified atom stereocenters. The smallest absolute Gasteiger partial charge is 0.317 e. The van der Waals surface area contributed by atoms with Gasteiger partial charge >= 0.3 is 5.97 Å². The Hall–Kier alpha value is -0.610. The van der Waals surface area contributed by atoms with Crippen molar-refractivity contribution < 1.29 is 9.90 Å². The van der Waals surface area contributed by atoms with Gasteiger partial charge in [-0.25, -0.2) is 0 Å². The molecule has 12 heavy (non-hydrogen) atoms. The molecule has 0 aliphatic carbocycles. The van der Waals surface area contributed by atoms with Crippen molar-refractivity contribution in [2.24, 2.45) is 0 Å².